The van der Waals surface area contributed by atoms with Crippen LogP contribution in [0, 0.1) is 11.3 Å². The van der Waals surface area contributed by atoms with Gasteiger partial charge in [0.1, 0.15) is 0 Å². The maximum atomic E-state index is 12.5. The lowest BCUT2D eigenvalue weighted by atomic mass is 10.1. The van der Waals surface area contributed by atoms with E-state index < -0.39 is 0 Å². The van der Waals surface area contributed by atoms with Gasteiger partial charge in [-0.1, -0.05) is 6.07 Å². The molecule has 0 bridgehead atoms. The van der Waals surface area contributed by atoms with Gasteiger partial charge in [0, 0.05) is 44.1 Å². The fraction of sp³-hybridized carbons (Fsp3) is 0.222. The Morgan fingerprint density at radius 1 is 0.958 bits per heavy atom. The van der Waals surface area contributed by atoms with Gasteiger partial charge in [-0.25, -0.2) is 0 Å². The van der Waals surface area contributed by atoms with Crippen LogP contribution in [0.3, 0.4) is 0 Å². The van der Waals surface area contributed by atoms with E-state index in [4.69, 9.17) is 5.26 Å². The van der Waals surface area contributed by atoms with Gasteiger partial charge < -0.3 is 9.80 Å². The first kappa shape index (κ1) is 15.7. The fourth-order valence-corrected chi connectivity index (χ4v) is 2.69. The summed E-state index contributed by atoms with van der Waals surface area (Å²) in [7, 11) is 0. The van der Waals surface area contributed by atoms with Gasteiger partial charge in [-0.15, -0.1) is 0 Å². The van der Waals surface area contributed by atoms with Gasteiger partial charge in [-0.3, -0.25) is 14.6 Å². The van der Waals surface area contributed by atoms with Crippen molar-refractivity contribution in [3.63, 3.8) is 0 Å². The van der Waals surface area contributed by atoms with Crippen molar-refractivity contribution in [3.05, 3.63) is 65.5 Å². The lowest BCUT2D eigenvalue weighted by Gasteiger charge is -2.34. The molecular formula is C18H16N4O2. The zero-order valence-electron chi connectivity index (χ0n) is 13.1. The molecule has 1 aliphatic rings. The van der Waals surface area contributed by atoms with Gasteiger partial charge in [0.15, 0.2) is 0 Å². The van der Waals surface area contributed by atoms with Crippen LogP contribution in [0.25, 0.3) is 0 Å². The molecule has 0 saturated carbocycles. The Hall–Kier alpha value is -3.20. The summed E-state index contributed by atoms with van der Waals surface area (Å²) in [5.74, 6) is -0.178. The SMILES string of the molecule is N#Cc1cccc(C(=O)N2CCN(C(=O)c3cccnc3)CC2)c1. The number of aromatic nitrogens is 1. The number of pyridine rings is 1. The summed E-state index contributed by atoms with van der Waals surface area (Å²) < 4.78 is 0. The van der Waals surface area contributed by atoms with Crippen molar-refractivity contribution in [2.24, 2.45) is 0 Å². The molecule has 0 radical (unpaired) electrons. The zero-order chi connectivity index (χ0) is 16.9. The van der Waals surface area contributed by atoms with Gasteiger partial charge in [0.25, 0.3) is 11.8 Å². The molecule has 3 rings (SSSR count). The summed E-state index contributed by atoms with van der Waals surface area (Å²) in [6, 6.07) is 12.2. The molecule has 0 unspecified atom stereocenters. The van der Waals surface area contributed by atoms with Crippen molar-refractivity contribution in [1.82, 2.24) is 14.8 Å². The summed E-state index contributed by atoms with van der Waals surface area (Å²) in [6.45, 7) is 1.91. The third-order valence-corrected chi connectivity index (χ3v) is 4.00. The molecule has 2 aromatic rings. The molecule has 1 aromatic heterocycles. The van der Waals surface area contributed by atoms with Crippen molar-refractivity contribution in [1.29, 1.82) is 5.26 Å². The molecule has 1 fully saturated rings. The van der Waals surface area contributed by atoms with E-state index in [1.165, 1.54) is 0 Å². The number of nitrogens with zero attached hydrogens (tertiary/aromatic N) is 4. The Bertz CT molecular complexity index is 790. The zero-order valence-corrected chi connectivity index (χ0v) is 13.1. The maximum absolute atomic E-state index is 12.5. The Morgan fingerprint density at radius 3 is 2.17 bits per heavy atom. The molecule has 0 N–H and O–H groups in total. The van der Waals surface area contributed by atoms with Gasteiger partial charge >= 0.3 is 0 Å². The normalized spacial score (nSPS) is 14.1. The Morgan fingerprint density at radius 2 is 1.58 bits per heavy atom. The van der Waals surface area contributed by atoms with Crippen LogP contribution in [0.5, 0.6) is 0 Å². The second-order valence-corrected chi connectivity index (χ2v) is 5.52. The predicted molar refractivity (Wildman–Crippen MR) is 87.2 cm³/mol. The first-order valence-electron chi connectivity index (χ1n) is 7.68. The number of hydrogen-bond acceptors (Lipinski definition) is 4. The molecule has 0 atom stereocenters. The monoisotopic (exact) mass is 320 g/mol. The summed E-state index contributed by atoms with van der Waals surface area (Å²) in [5.41, 5.74) is 1.52. The minimum absolute atomic E-state index is 0.0679. The van der Waals surface area contributed by atoms with Crippen molar-refractivity contribution in [2.45, 2.75) is 0 Å². The Balaban J connectivity index is 1.63. The van der Waals surface area contributed by atoms with E-state index in [2.05, 4.69) is 4.98 Å². The molecule has 1 saturated heterocycles. The first-order chi connectivity index (χ1) is 11.7. The molecular weight excluding hydrogens is 304 g/mol. The van der Waals surface area contributed by atoms with Crippen LogP contribution < -0.4 is 0 Å². The highest BCUT2D eigenvalue weighted by molar-refractivity contribution is 5.96. The summed E-state index contributed by atoms with van der Waals surface area (Å²) in [6.07, 6.45) is 3.18. The molecule has 1 aliphatic heterocycles. The largest absolute Gasteiger partial charge is 0.335 e. The molecule has 0 spiro atoms. The minimum Gasteiger partial charge on any atom is -0.335 e. The van der Waals surface area contributed by atoms with E-state index in [1.807, 2.05) is 6.07 Å². The molecule has 2 heterocycles. The van der Waals surface area contributed by atoms with Crippen LogP contribution in [-0.2, 0) is 0 Å². The third-order valence-electron chi connectivity index (χ3n) is 4.00. The van der Waals surface area contributed by atoms with E-state index >= 15 is 0 Å². The second-order valence-electron chi connectivity index (χ2n) is 5.52. The van der Waals surface area contributed by atoms with Gasteiger partial charge in [0.2, 0.25) is 0 Å². The molecule has 6 heteroatoms. The van der Waals surface area contributed by atoms with E-state index in [1.54, 1.807) is 58.6 Å². The van der Waals surface area contributed by atoms with Crippen molar-refractivity contribution in [3.8, 4) is 6.07 Å². The highest BCUT2D eigenvalue weighted by atomic mass is 16.2. The maximum Gasteiger partial charge on any atom is 0.255 e. The minimum atomic E-state index is -0.111. The third kappa shape index (κ3) is 3.25. The topological polar surface area (TPSA) is 77.3 Å². The van der Waals surface area contributed by atoms with E-state index in [0.29, 0.717) is 42.9 Å². The summed E-state index contributed by atoms with van der Waals surface area (Å²) >= 11 is 0. The van der Waals surface area contributed by atoms with Gasteiger partial charge in [0.05, 0.1) is 17.2 Å². The Labute approximate surface area is 139 Å². The van der Waals surface area contributed by atoms with Crippen molar-refractivity contribution in [2.75, 3.05) is 26.2 Å². The first-order valence-corrected chi connectivity index (χ1v) is 7.68. The van der Waals surface area contributed by atoms with Gasteiger partial charge in [-0.05, 0) is 30.3 Å². The molecule has 24 heavy (non-hydrogen) atoms. The van der Waals surface area contributed by atoms with Crippen LogP contribution in [0.2, 0.25) is 0 Å². The lowest BCUT2D eigenvalue weighted by Crippen LogP contribution is -2.50. The van der Waals surface area contributed by atoms with Crippen LogP contribution in [0.4, 0.5) is 0 Å². The molecule has 120 valence electrons. The number of carbonyl (C=O) groups excluding carboxylic acids is 2. The van der Waals surface area contributed by atoms with Crippen molar-refractivity contribution < 1.29 is 9.59 Å². The molecule has 2 amide bonds. The smallest absolute Gasteiger partial charge is 0.255 e. The lowest BCUT2D eigenvalue weighted by molar-refractivity contribution is 0.0535. The number of nitriles is 1. The summed E-state index contributed by atoms with van der Waals surface area (Å²) in [4.78, 5) is 32.3. The number of hydrogen-bond donors (Lipinski definition) is 0. The fourth-order valence-electron chi connectivity index (χ4n) is 2.69. The number of piperazine rings is 1. The van der Waals surface area contributed by atoms with Crippen LogP contribution in [0.1, 0.15) is 26.3 Å². The quantitative estimate of drug-likeness (QED) is 0.841. The highest BCUT2D eigenvalue weighted by Crippen LogP contribution is 2.12. The predicted octanol–water partition coefficient (Wildman–Crippen LogP) is 1.55. The average Bonchev–Trinajstić information content (AvgIpc) is 2.67. The van der Waals surface area contributed by atoms with Crippen LogP contribution in [0.15, 0.2) is 48.8 Å². The van der Waals surface area contributed by atoms with Crippen molar-refractivity contribution >= 4 is 11.8 Å². The number of rotatable bonds is 2. The molecule has 0 aliphatic carbocycles. The highest BCUT2D eigenvalue weighted by Gasteiger charge is 2.25. The Kier molecular flexibility index (Phi) is 4.52. The number of benzene rings is 1. The van der Waals surface area contributed by atoms with E-state index in [0.717, 1.165) is 0 Å². The number of amides is 2. The van der Waals surface area contributed by atoms with Gasteiger partial charge in [-0.2, -0.15) is 5.26 Å². The standard InChI is InChI=1S/C18H16N4O2/c19-12-14-3-1-4-15(11-14)17(23)21-7-9-22(10-8-21)18(24)16-5-2-6-20-13-16/h1-6,11,13H,7-10H2. The average molecular weight is 320 g/mol. The van der Waals surface area contributed by atoms with E-state index in [9.17, 15) is 9.59 Å². The van der Waals surface area contributed by atoms with Crippen LogP contribution in [-0.4, -0.2) is 52.8 Å². The number of carbonyl (C=O) groups is 2. The van der Waals surface area contributed by atoms with Crippen LogP contribution >= 0.6 is 0 Å². The summed E-state index contributed by atoms with van der Waals surface area (Å²) in [5, 5.41) is 8.93. The molecule has 6 nitrogen and oxygen atoms in total. The molecule has 1 aromatic carbocycles. The second kappa shape index (κ2) is 6.92. The van der Waals surface area contributed by atoms with E-state index in [-0.39, 0.29) is 11.8 Å².